The van der Waals surface area contributed by atoms with E-state index in [-0.39, 0.29) is 12.3 Å². The largest absolute Gasteiger partial charge is 0.346 e. The van der Waals surface area contributed by atoms with Gasteiger partial charge in [-0.2, -0.15) is 5.10 Å². The summed E-state index contributed by atoms with van der Waals surface area (Å²) in [6.07, 6.45) is 1.93. The molecule has 0 aliphatic heterocycles. The van der Waals surface area contributed by atoms with Gasteiger partial charge in [0.1, 0.15) is 5.01 Å². The van der Waals surface area contributed by atoms with Crippen molar-refractivity contribution in [3.8, 4) is 11.3 Å². The number of aryl methyl sites for hydroxylation is 1. The Hall–Kier alpha value is -2.73. The third kappa shape index (κ3) is 4.52. The summed E-state index contributed by atoms with van der Waals surface area (Å²) < 4.78 is 2.25. The van der Waals surface area contributed by atoms with Crippen LogP contribution in [0.2, 0.25) is 0 Å². The van der Waals surface area contributed by atoms with Crippen LogP contribution >= 0.6 is 11.3 Å². The van der Waals surface area contributed by atoms with E-state index < -0.39 is 0 Å². The number of amides is 1. The molecular formula is C21H24N4OS. The molecule has 1 N–H and O–H groups in total. The Bertz CT molecular complexity index is 954. The molecule has 2 aromatic heterocycles. The molecule has 27 heavy (non-hydrogen) atoms. The summed E-state index contributed by atoms with van der Waals surface area (Å²) in [6.45, 7) is 8.45. The normalized spacial score (nSPS) is 11.4. The third-order valence-corrected chi connectivity index (χ3v) is 5.21. The third-order valence-electron chi connectivity index (χ3n) is 4.37. The number of hydrogen-bond donors (Lipinski definition) is 1. The van der Waals surface area contributed by atoms with Crippen molar-refractivity contribution in [2.75, 3.05) is 0 Å². The first kappa shape index (κ1) is 19.0. The van der Waals surface area contributed by atoms with Crippen molar-refractivity contribution >= 4 is 23.5 Å². The highest BCUT2D eigenvalue weighted by Crippen LogP contribution is 2.22. The van der Waals surface area contributed by atoms with Gasteiger partial charge in [-0.15, -0.1) is 11.3 Å². The van der Waals surface area contributed by atoms with Gasteiger partial charge < -0.3 is 4.57 Å². The van der Waals surface area contributed by atoms with E-state index in [1.54, 1.807) is 6.21 Å². The highest BCUT2D eigenvalue weighted by Gasteiger charge is 2.11. The van der Waals surface area contributed by atoms with E-state index in [2.05, 4.69) is 53.8 Å². The maximum Gasteiger partial charge on any atom is 0.246 e. The Morgan fingerprint density at radius 1 is 1.30 bits per heavy atom. The molecule has 0 aliphatic carbocycles. The van der Waals surface area contributed by atoms with Crippen molar-refractivity contribution in [1.82, 2.24) is 15.0 Å². The van der Waals surface area contributed by atoms with E-state index in [9.17, 15) is 4.79 Å². The molecule has 0 radical (unpaired) electrons. The topological polar surface area (TPSA) is 59.3 Å². The lowest BCUT2D eigenvalue weighted by Gasteiger charge is -2.13. The number of carbonyl (C=O) groups excluding carboxylic acids is 1. The molecule has 0 spiro atoms. The minimum atomic E-state index is -0.169. The van der Waals surface area contributed by atoms with Gasteiger partial charge in [0.2, 0.25) is 5.91 Å². The van der Waals surface area contributed by atoms with E-state index in [1.807, 2.05) is 35.7 Å². The second-order valence-electron chi connectivity index (χ2n) is 6.75. The molecule has 3 aromatic rings. The first-order valence-electron chi connectivity index (χ1n) is 8.96. The lowest BCUT2D eigenvalue weighted by Crippen LogP contribution is -2.19. The Morgan fingerprint density at radius 3 is 2.70 bits per heavy atom. The van der Waals surface area contributed by atoms with Crippen LogP contribution in [-0.4, -0.2) is 21.7 Å². The van der Waals surface area contributed by atoms with Crippen molar-refractivity contribution in [1.29, 1.82) is 0 Å². The summed E-state index contributed by atoms with van der Waals surface area (Å²) in [5.41, 5.74) is 7.90. The maximum atomic E-state index is 12.2. The zero-order valence-electron chi connectivity index (χ0n) is 16.1. The zero-order valence-corrected chi connectivity index (χ0v) is 16.9. The molecule has 0 atom stereocenters. The Morgan fingerprint density at radius 2 is 2.04 bits per heavy atom. The van der Waals surface area contributed by atoms with Gasteiger partial charge >= 0.3 is 0 Å². The van der Waals surface area contributed by atoms with Crippen LogP contribution in [0.5, 0.6) is 0 Å². The molecule has 0 saturated carbocycles. The fraction of sp³-hybridized carbons (Fsp3) is 0.286. The molecule has 5 nitrogen and oxygen atoms in total. The van der Waals surface area contributed by atoms with Gasteiger partial charge in [-0.1, -0.05) is 30.3 Å². The van der Waals surface area contributed by atoms with Crippen LogP contribution < -0.4 is 5.43 Å². The predicted molar refractivity (Wildman–Crippen MR) is 111 cm³/mol. The molecule has 0 aliphatic rings. The minimum Gasteiger partial charge on any atom is -0.346 e. The fourth-order valence-corrected chi connectivity index (χ4v) is 4.01. The van der Waals surface area contributed by atoms with Crippen LogP contribution in [0.15, 0.2) is 46.9 Å². The summed E-state index contributed by atoms with van der Waals surface area (Å²) in [5, 5.41) is 6.87. The Labute approximate surface area is 163 Å². The van der Waals surface area contributed by atoms with E-state index in [0.717, 1.165) is 27.5 Å². The van der Waals surface area contributed by atoms with E-state index in [0.29, 0.717) is 6.04 Å². The van der Waals surface area contributed by atoms with Crippen molar-refractivity contribution in [3.05, 3.63) is 63.7 Å². The summed E-state index contributed by atoms with van der Waals surface area (Å²) in [7, 11) is 0. The highest BCUT2D eigenvalue weighted by molar-refractivity contribution is 7.10. The average molecular weight is 381 g/mol. The predicted octanol–water partition coefficient (Wildman–Crippen LogP) is 4.50. The van der Waals surface area contributed by atoms with Gasteiger partial charge in [0, 0.05) is 33.9 Å². The first-order chi connectivity index (χ1) is 13.0. The summed E-state index contributed by atoms with van der Waals surface area (Å²) in [4.78, 5) is 16.7. The number of hydrogen-bond acceptors (Lipinski definition) is 4. The number of thiazole rings is 1. The molecule has 2 heterocycles. The summed E-state index contributed by atoms with van der Waals surface area (Å²) in [6, 6.07) is 12.4. The van der Waals surface area contributed by atoms with Crippen LogP contribution in [0, 0.1) is 13.8 Å². The van der Waals surface area contributed by atoms with Crippen LogP contribution in [-0.2, 0) is 11.2 Å². The number of aromatic nitrogens is 2. The molecule has 0 saturated heterocycles. The van der Waals surface area contributed by atoms with Gasteiger partial charge in [-0.25, -0.2) is 10.4 Å². The molecule has 1 aromatic carbocycles. The SMILES string of the molecule is Cc1cc(/C=N\NC(=O)Cc2nc(-c3ccccc3)cs2)c(C)n1C(C)C. The summed E-state index contributed by atoms with van der Waals surface area (Å²) in [5.74, 6) is -0.169. The quantitative estimate of drug-likeness (QED) is 0.505. The number of rotatable bonds is 6. The van der Waals surface area contributed by atoms with Crippen molar-refractivity contribution in [3.63, 3.8) is 0 Å². The smallest absolute Gasteiger partial charge is 0.246 e. The number of carbonyl (C=O) groups is 1. The van der Waals surface area contributed by atoms with Crippen LogP contribution in [0.3, 0.4) is 0 Å². The van der Waals surface area contributed by atoms with E-state index >= 15 is 0 Å². The van der Waals surface area contributed by atoms with Crippen molar-refractivity contribution in [2.24, 2.45) is 5.10 Å². The minimum absolute atomic E-state index is 0.169. The molecular weight excluding hydrogens is 356 g/mol. The zero-order chi connectivity index (χ0) is 19.4. The number of nitrogens with one attached hydrogen (secondary N) is 1. The molecule has 0 unspecified atom stereocenters. The number of benzene rings is 1. The first-order valence-corrected chi connectivity index (χ1v) is 9.84. The van der Waals surface area contributed by atoms with E-state index in [1.165, 1.54) is 17.0 Å². The molecule has 6 heteroatoms. The molecule has 0 bridgehead atoms. The maximum absolute atomic E-state index is 12.2. The van der Waals surface area contributed by atoms with Crippen LogP contribution in [0.25, 0.3) is 11.3 Å². The van der Waals surface area contributed by atoms with Crippen LogP contribution in [0.1, 0.15) is 41.8 Å². The van der Waals surface area contributed by atoms with Gasteiger partial charge in [0.05, 0.1) is 18.3 Å². The Kier molecular flexibility index (Phi) is 5.86. The molecule has 0 fully saturated rings. The van der Waals surface area contributed by atoms with Crippen molar-refractivity contribution in [2.45, 2.75) is 40.2 Å². The van der Waals surface area contributed by atoms with E-state index in [4.69, 9.17) is 0 Å². The lowest BCUT2D eigenvalue weighted by molar-refractivity contribution is -0.120. The fourth-order valence-electron chi connectivity index (χ4n) is 3.21. The van der Waals surface area contributed by atoms with Gasteiger partial charge in [-0.3, -0.25) is 4.79 Å². The molecule has 140 valence electrons. The van der Waals surface area contributed by atoms with Crippen LogP contribution in [0.4, 0.5) is 0 Å². The highest BCUT2D eigenvalue weighted by atomic mass is 32.1. The standard InChI is InChI=1S/C21H24N4OS/c1-14(2)25-15(3)10-18(16(25)4)12-22-24-20(26)11-21-23-19(13-27-21)17-8-6-5-7-9-17/h5-10,12-14H,11H2,1-4H3,(H,24,26)/b22-12-. The van der Waals surface area contributed by atoms with Gasteiger partial charge in [-0.05, 0) is 33.8 Å². The molecule has 1 amide bonds. The monoisotopic (exact) mass is 380 g/mol. The second-order valence-corrected chi connectivity index (χ2v) is 7.70. The van der Waals surface area contributed by atoms with Gasteiger partial charge in [0.25, 0.3) is 0 Å². The van der Waals surface area contributed by atoms with Crippen molar-refractivity contribution < 1.29 is 4.79 Å². The van der Waals surface area contributed by atoms with Gasteiger partial charge in [0.15, 0.2) is 0 Å². The number of hydrazone groups is 1. The molecule has 3 rings (SSSR count). The summed E-state index contributed by atoms with van der Waals surface area (Å²) >= 11 is 1.49. The lowest BCUT2D eigenvalue weighted by atomic mass is 10.2. The number of nitrogens with zero attached hydrogens (tertiary/aromatic N) is 3. The Balaban J connectivity index is 1.60. The second kappa shape index (κ2) is 8.31. The average Bonchev–Trinajstić information content (AvgIpc) is 3.20.